The molecule has 1 aliphatic rings. The Labute approximate surface area is 181 Å². The fourth-order valence-electron chi connectivity index (χ4n) is 2.82. The molecule has 0 bridgehead atoms. The standard InChI is InChI=1S/C20H31N5O6/c1-19(2,3)30-13(26)11-21-16(27)14-15(23-12-22-14)17(28)24-7-9-25(10-8-24)18(29)31-20(4,5)6/h12H,7-11H2,1-6H3,(H,21,27)(H,22,23). The minimum atomic E-state index is -0.670. The third-order valence-electron chi connectivity index (χ3n) is 4.10. The van der Waals surface area contributed by atoms with Gasteiger partial charge in [0.25, 0.3) is 11.8 Å². The van der Waals surface area contributed by atoms with Gasteiger partial charge in [-0.2, -0.15) is 0 Å². The Morgan fingerprint density at radius 2 is 1.52 bits per heavy atom. The highest BCUT2D eigenvalue weighted by Gasteiger charge is 2.31. The molecule has 0 atom stereocenters. The van der Waals surface area contributed by atoms with E-state index in [0.717, 1.165) is 0 Å². The molecule has 1 aromatic rings. The zero-order chi connectivity index (χ0) is 23.4. The molecule has 31 heavy (non-hydrogen) atoms. The fourth-order valence-corrected chi connectivity index (χ4v) is 2.82. The molecule has 0 unspecified atom stereocenters. The number of ether oxygens (including phenoxy) is 2. The second-order valence-electron chi connectivity index (χ2n) is 9.15. The number of amides is 3. The molecule has 0 spiro atoms. The van der Waals surface area contributed by atoms with E-state index in [2.05, 4.69) is 15.3 Å². The van der Waals surface area contributed by atoms with Crippen LogP contribution >= 0.6 is 0 Å². The summed E-state index contributed by atoms with van der Waals surface area (Å²) in [6.07, 6.45) is 0.815. The highest BCUT2D eigenvalue weighted by atomic mass is 16.6. The zero-order valence-corrected chi connectivity index (χ0v) is 18.9. The number of carbonyl (C=O) groups is 4. The van der Waals surface area contributed by atoms with E-state index in [9.17, 15) is 19.2 Å². The molecule has 1 fully saturated rings. The van der Waals surface area contributed by atoms with Crippen LogP contribution in [0.2, 0.25) is 0 Å². The third kappa shape index (κ3) is 7.26. The van der Waals surface area contributed by atoms with Crippen molar-refractivity contribution < 1.29 is 28.7 Å². The van der Waals surface area contributed by atoms with Crippen LogP contribution < -0.4 is 5.32 Å². The number of carbonyl (C=O) groups excluding carboxylic acids is 4. The summed E-state index contributed by atoms with van der Waals surface area (Å²) in [6.45, 7) is 11.4. The van der Waals surface area contributed by atoms with Gasteiger partial charge in [-0.1, -0.05) is 0 Å². The van der Waals surface area contributed by atoms with Crippen molar-refractivity contribution in [1.82, 2.24) is 25.1 Å². The second-order valence-corrected chi connectivity index (χ2v) is 9.15. The maximum atomic E-state index is 12.9. The van der Waals surface area contributed by atoms with Gasteiger partial charge in [0.05, 0.1) is 6.33 Å². The summed E-state index contributed by atoms with van der Waals surface area (Å²) in [4.78, 5) is 58.9. The molecule has 2 heterocycles. The highest BCUT2D eigenvalue weighted by Crippen LogP contribution is 2.14. The van der Waals surface area contributed by atoms with E-state index in [4.69, 9.17) is 9.47 Å². The first-order valence-electron chi connectivity index (χ1n) is 10.1. The quantitative estimate of drug-likeness (QED) is 0.675. The van der Waals surface area contributed by atoms with Crippen molar-refractivity contribution in [3.8, 4) is 0 Å². The molecule has 0 radical (unpaired) electrons. The topological polar surface area (TPSA) is 134 Å². The summed E-state index contributed by atoms with van der Waals surface area (Å²) in [7, 11) is 0. The Bertz CT molecular complexity index is 828. The Balaban J connectivity index is 1.93. The smallest absolute Gasteiger partial charge is 0.410 e. The number of hydrogen-bond donors (Lipinski definition) is 2. The number of aromatic nitrogens is 2. The van der Waals surface area contributed by atoms with Gasteiger partial charge in [0.1, 0.15) is 23.4 Å². The first-order chi connectivity index (χ1) is 14.3. The number of nitrogens with one attached hydrogen (secondary N) is 2. The van der Waals surface area contributed by atoms with Crippen LogP contribution in [0.4, 0.5) is 4.79 Å². The van der Waals surface area contributed by atoms with Crippen LogP contribution in [0.15, 0.2) is 6.33 Å². The molecule has 2 rings (SSSR count). The molecule has 0 aromatic carbocycles. The number of imidazole rings is 1. The average molecular weight is 437 g/mol. The Morgan fingerprint density at radius 1 is 0.968 bits per heavy atom. The van der Waals surface area contributed by atoms with E-state index in [0.29, 0.717) is 13.1 Å². The third-order valence-corrected chi connectivity index (χ3v) is 4.10. The van der Waals surface area contributed by atoms with E-state index in [1.54, 1.807) is 41.5 Å². The lowest BCUT2D eigenvalue weighted by atomic mass is 10.2. The van der Waals surface area contributed by atoms with Crippen LogP contribution in [0.1, 0.15) is 62.5 Å². The summed E-state index contributed by atoms with van der Waals surface area (Å²) >= 11 is 0. The number of aromatic amines is 1. The zero-order valence-electron chi connectivity index (χ0n) is 18.9. The lowest BCUT2D eigenvalue weighted by Gasteiger charge is -2.35. The van der Waals surface area contributed by atoms with E-state index >= 15 is 0 Å². The first-order valence-corrected chi connectivity index (χ1v) is 10.1. The Kier molecular flexibility index (Phi) is 7.29. The predicted octanol–water partition coefficient (Wildman–Crippen LogP) is 1.17. The molecule has 1 aromatic heterocycles. The summed E-state index contributed by atoms with van der Waals surface area (Å²) in [5.74, 6) is -1.67. The van der Waals surface area contributed by atoms with Crippen LogP contribution in [0, 0.1) is 0 Å². The van der Waals surface area contributed by atoms with Gasteiger partial charge in [0.15, 0.2) is 5.69 Å². The summed E-state index contributed by atoms with van der Waals surface area (Å²) in [6, 6.07) is 0. The number of piperazine rings is 1. The van der Waals surface area contributed by atoms with Gasteiger partial charge in [0, 0.05) is 26.2 Å². The van der Waals surface area contributed by atoms with Crippen molar-refractivity contribution in [2.45, 2.75) is 52.7 Å². The van der Waals surface area contributed by atoms with Crippen molar-refractivity contribution in [3.63, 3.8) is 0 Å². The van der Waals surface area contributed by atoms with Crippen LogP contribution in [-0.2, 0) is 14.3 Å². The van der Waals surface area contributed by atoms with Crippen LogP contribution in [0.5, 0.6) is 0 Å². The fraction of sp³-hybridized carbons (Fsp3) is 0.650. The molecule has 0 aliphatic carbocycles. The van der Waals surface area contributed by atoms with Gasteiger partial charge in [-0.25, -0.2) is 9.78 Å². The van der Waals surface area contributed by atoms with Crippen molar-refractivity contribution in [2.24, 2.45) is 0 Å². The van der Waals surface area contributed by atoms with Crippen LogP contribution in [0.25, 0.3) is 0 Å². The lowest BCUT2D eigenvalue weighted by Crippen LogP contribution is -2.52. The summed E-state index contributed by atoms with van der Waals surface area (Å²) in [5, 5.41) is 2.41. The molecular formula is C20H31N5O6. The van der Waals surface area contributed by atoms with Gasteiger partial charge in [-0.15, -0.1) is 0 Å². The van der Waals surface area contributed by atoms with E-state index in [-0.39, 0.29) is 31.0 Å². The normalized spacial score (nSPS) is 14.8. The van der Waals surface area contributed by atoms with E-state index in [1.807, 2.05) is 0 Å². The highest BCUT2D eigenvalue weighted by molar-refractivity contribution is 6.05. The van der Waals surface area contributed by atoms with E-state index in [1.165, 1.54) is 16.1 Å². The van der Waals surface area contributed by atoms with Gasteiger partial charge < -0.3 is 29.6 Å². The maximum absolute atomic E-state index is 12.9. The SMILES string of the molecule is CC(C)(C)OC(=O)CNC(=O)c1nc[nH]c1C(=O)N1CCN(C(=O)OC(C)(C)C)CC1. The number of esters is 1. The molecule has 3 amide bonds. The molecular weight excluding hydrogens is 406 g/mol. The molecule has 11 nitrogen and oxygen atoms in total. The van der Waals surface area contributed by atoms with Gasteiger partial charge in [-0.3, -0.25) is 14.4 Å². The molecule has 1 saturated heterocycles. The van der Waals surface area contributed by atoms with Crippen LogP contribution in [0.3, 0.4) is 0 Å². The summed E-state index contributed by atoms with van der Waals surface area (Å²) in [5.41, 5.74) is -1.35. The number of rotatable bonds is 4. The number of nitrogens with zero attached hydrogens (tertiary/aromatic N) is 3. The van der Waals surface area contributed by atoms with Crippen LogP contribution in [-0.4, -0.2) is 87.6 Å². The Morgan fingerprint density at radius 3 is 2.06 bits per heavy atom. The molecule has 172 valence electrons. The first kappa shape index (κ1) is 24.2. The number of hydrogen-bond acceptors (Lipinski definition) is 7. The van der Waals surface area contributed by atoms with Crippen molar-refractivity contribution in [3.05, 3.63) is 17.7 Å². The van der Waals surface area contributed by atoms with Crippen molar-refractivity contribution in [1.29, 1.82) is 0 Å². The van der Waals surface area contributed by atoms with E-state index < -0.39 is 35.1 Å². The molecule has 0 saturated carbocycles. The second kappa shape index (κ2) is 9.36. The monoisotopic (exact) mass is 437 g/mol. The molecule has 1 aliphatic heterocycles. The van der Waals surface area contributed by atoms with Gasteiger partial charge >= 0.3 is 12.1 Å². The lowest BCUT2D eigenvalue weighted by molar-refractivity contribution is -0.153. The minimum absolute atomic E-state index is 0.0207. The minimum Gasteiger partial charge on any atom is -0.459 e. The predicted molar refractivity (Wildman–Crippen MR) is 110 cm³/mol. The number of H-pyrrole nitrogens is 1. The molecule has 2 N–H and O–H groups in total. The maximum Gasteiger partial charge on any atom is 0.410 e. The van der Waals surface area contributed by atoms with Gasteiger partial charge in [-0.05, 0) is 41.5 Å². The Hall–Kier alpha value is -3.11. The van der Waals surface area contributed by atoms with Crippen molar-refractivity contribution in [2.75, 3.05) is 32.7 Å². The molecule has 11 heteroatoms. The van der Waals surface area contributed by atoms with Gasteiger partial charge in [0.2, 0.25) is 0 Å². The summed E-state index contributed by atoms with van der Waals surface area (Å²) < 4.78 is 10.5. The van der Waals surface area contributed by atoms with Crippen molar-refractivity contribution >= 4 is 23.9 Å². The average Bonchev–Trinajstić information content (AvgIpc) is 3.12. The largest absolute Gasteiger partial charge is 0.459 e.